The van der Waals surface area contributed by atoms with Gasteiger partial charge in [-0.2, -0.15) is 0 Å². The molecule has 100 valence electrons. The predicted octanol–water partition coefficient (Wildman–Crippen LogP) is 0.619. The maximum absolute atomic E-state index is 5.31. The number of anilines is 1. The predicted molar refractivity (Wildman–Crippen MR) is 68.9 cm³/mol. The molecule has 6 nitrogen and oxygen atoms in total. The highest BCUT2D eigenvalue weighted by Crippen LogP contribution is 2.07. The van der Waals surface area contributed by atoms with Gasteiger partial charge >= 0.3 is 0 Å². The molecule has 2 heterocycles. The van der Waals surface area contributed by atoms with Crippen LogP contribution in [0.25, 0.3) is 0 Å². The Balaban J connectivity index is 1.62. The number of rotatable bonds is 6. The van der Waals surface area contributed by atoms with E-state index in [1.165, 1.54) is 0 Å². The molecule has 0 atom stereocenters. The molecule has 0 spiro atoms. The zero-order valence-corrected chi connectivity index (χ0v) is 10.8. The molecular formula is C12H20N4O2. The molecule has 0 bridgehead atoms. The van der Waals surface area contributed by atoms with Gasteiger partial charge in [-0.25, -0.2) is 9.97 Å². The van der Waals surface area contributed by atoms with Crippen LogP contribution < -0.4 is 10.1 Å². The summed E-state index contributed by atoms with van der Waals surface area (Å²) in [6.07, 6.45) is 4.41. The van der Waals surface area contributed by atoms with E-state index in [1.807, 2.05) is 0 Å². The lowest BCUT2D eigenvalue weighted by atomic mass is 10.3. The Morgan fingerprint density at radius 3 is 2.72 bits per heavy atom. The molecule has 1 aliphatic heterocycles. The summed E-state index contributed by atoms with van der Waals surface area (Å²) in [6, 6.07) is 0. The molecule has 0 saturated carbocycles. The number of nitrogens with one attached hydrogen (secondary N) is 1. The lowest BCUT2D eigenvalue weighted by molar-refractivity contribution is 0.0378. The van der Waals surface area contributed by atoms with E-state index in [0.717, 1.165) is 45.8 Å². The first-order chi connectivity index (χ1) is 8.88. The summed E-state index contributed by atoms with van der Waals surface area (Å²) in [5.74, 6) is 1.33. The highest BCUT2D eigenvalue weighted by Gasteiger charge is 2.09. The van der Waals surface area contributed by atoms with Crippen LogP contribution in [0.4, 0.5) is 5.95 Å². The number of morpholine rings is 1. The molecule has 18 heavy (non-hydrogen) atoms. The van der Waals surface area contributed by atoms with Crippen LogP contribution in [-0.4, -0.2) is 61.4 Å². The standard InChI is InChI=1S/C12H20N4O2/c1-17-11-9-14-12(15-10-11)13-3-2-4-16-5-7-18-8-6-16/h9-10H,2-8H2,1H3,(H,13,14,15). The highest BCUT2D eigenvalue weighted by atomic mass is 16.5. The number of methoxy groups -OCH3 is 1. The van der Waals surface area contributed by atoms with Gasteiger partial charge in [-0.3, -0.25) is 4.90 Å². The Labute approximate surface area is 107 Å². The van der Waals surface area contributed by atoms with Crippen molar-refractivity contribution in [3.05, 3.63) is 12.4 Å². The van der Waals surface area contributed by atoms with Crippen molar-refractivity contribution in [3.63, 3.8) is 0 Å². The Morgan fingerprint density at radius 1 is 1.33 bits per heavy atom. The van der Waals surface area contributed by atoms with E-state index in [0.29, 0.717) is 11.7 Å². The minimum atomic E-state index is 0.651. The molecule has 1 aromatic rings. The monoisotopic (exact) mass is 252 g/mol. The minimum absolute atomic E-state index is 0.651. The Kier molecular flexibility index (Phi) is 5.16. The van der Waals surface area contributed by atoms with E-state index in [4.69, 9.17) is 9.47 Å². The molecule has 0 unspecified atom stereocenters. The van der Waals surface area contributed by atoms with Crippen molar-refractivity contribution in [1.29, 1.82) is 0 Å². The van der Waals surface area contributed by atoms with Gasteiger partial charge in [0.05, 0.1) is 32.7 Å². The van der Waals surface area contributed by atoms with Crippen LogP contribution in [0.1, 0.15) is 6.42 Å². The fourth-order valence-corrected chi connectivity index (χ4v) is 1.84. The van der Waals surface area contributed by atoms with Crippen LogP contribution in [-0.2, 0) is 4.74 Å². The number of nitrogens with zero attached hydrogens (tertiary/aromatic N) is 3. The van der Waals surface area contributed by atoms with E-state index in [2.05, 4.69) is 20.2 Å². The van der Waals surface area contributed by atoms with Gasteiger partial charge in [-0.1, -0.05) is 0 Å². The fourth-order valence-electron chi connectivity index (χ4n) is 1.84. The molecule has 1 N–H and O–H groups in total. The van der Waals surface area contributed by atoms with Crippen LogP contribution in [0.2, 0.25) is 0 Å². The third-order valence-corrected chi connectivity index (χ3v) is 2.90. The number of ether oxygens (including phenoxy) is 2. The zero-order chi connectivity index (χ0) is 12.6. The Morgan fingerprint density at radius 2 is 2.06 bits per heavy atom. The highest BCUT2D eigenvalue weighted by molar-refractivity contribution is 5.26. The van der Waals surface area contributed by atoms with Gasteiger partial charge in [-0.15, -0.1) is 0 Å². The van der Waals surface area contributed by atoms with Crippen LogP contribution in [0, 0.1) is 0 Å². The first kappa shape index (κ1) is 13.0. The molecule has 0 amide bonds. The fraction of sp³-hybridized carbons (Fsp3) is 0.667. The van der Waals surface area contributed by atoms with E-state index in [1.54, 1.807) is 19.5 Å². The largest absolute Gasteiger partial charge is 0.494 e. The molecule has 6 heteroatoms. The second-order valence-corrected chi connectivity index (χ2v) is 4.18. The average Bonchev–Trinajstić information content (AvgIpc) is 2.45. The van der Waals surface area contributed by atoms with Gasteiger partial charge in [0.2, 0.25) is 5.95 Å². The summed E-state index contributed by atoms with van der Waals surface area (Å²) < 4.78 is 10.3. The summed E-state index contributed by atoms with van der Waals surface area (Å²) in [4.78, 5) is 10.7. The third kappa shape index (κ3) is 4.12. The molecule has 1 saturated heterocycles. The van der Waals surface area contributed by atoms with Crippen molar-refractivity contribution in [3.8, 4) is 5.75 Å². The second-order valence-electron chi connectivity index (χ2n) is 4.18. The van der Waals surface area contributed by atoms with Crippen LogP contribution in [0.5, 0.6) is 5.75 Å². The van der Waals surface area contributed by atoms with E-state index in [-0.39, 0.29) is 0 Å². The quantitative estimate of drug-likeness (QED) is 0.749. The summed E-state index contributed by atoms with van der Waals surface area (Å²) in [7, 11) is 1.61. The Bertz CT molecular complexity index is 338. The molecular weight excluding hydrogens is 232 g/mol. The van der Waals surface area contributed by atoms with Crippen molar-refractivity contribution >= 4 is 5.95 Å². The van der Waals surface area contributed by atoms with Crippen molar-refractivity contribution in [1.82, 2.24) is 14.9 Å². The number of aromatic nitrogens is 2. The van der Waals surface area contributed by atoms with E-state index < -0.39 is 0 Å². The van der Waals surface area contributed by atoms with E-state index in [9.17, 15) is 0 Å². The van der Waals surface area contributed by atoms with Crippen molar-refractivity contribution < 1.29 is 9.47 Å². The van der Waals surface area contributed by atoms with Gasteiger partial charge in [-0.05, 0) is 13.0 Å². The van der Waals surface area contributed by atoms with Gasteiger partial charge in [0.15, 0.2) is 5.75 Å². The van der Waals surface area contributed by atoms with Gasteiger partial charge in [0, 0.05) is 19.6 Å². The molecule has 2 rings (SSSR count). The summed E-state index contributed by atoms with van der Waals surface area (Å²) >= 11 is 0. The topological polar surface area (TPSA) is 59.5 Å². The molecule has 1 aromatic heterocycles. The molecule has 0 radical (unpaired) electrons. The smallest absolute Gasteiger partial charge is 0.222 e. The minimum Gasteiger partial charge on any atom is -0.494 e. The summed E-state index contributed by atoms with van der Waals surface area (Å²) in [6.45, 7) is 5.76. The zero-order valence-electron chi connectivity index (χ0n) is 10.8. The van der Waals surface area contributed by atoms with E-state index >= 15 is 0 Å². The van der Waals surface area contributed by atoms with Gasteiger partial charge < -0.3 is 14.8 Å². The first-order valence-corrected chi connectivity index (χ1v) is 6.28. The third-order valence-electron chi connectivity index (χ3n) is 2.90. The SMILES string of the molecule is COc1cnc(NCCCN2CCOCC2)nc1. The maximum Gasteiger partial charge on any atom is 0.222 e. The van der Waals surface area contributed by atoms with Gasteiger partial charge in [0.1, 0.15) is 0 Å². The molecule has 1 aliphatic rings. The normalized spacial score (nSPS) is 16.5. The van der Waals surface area contributed by atoms with Crippen molar-refractivity contribution in [2.45, 2.75) is 6.42 Å². The molecule has 0 aliphatic carbocycles. The Hall–Kier alpha value is -1.40. The second kappa shape index (κ2) is 7.13. The number of hydrogen-bond acceptors (Lipinski definition) is 6. The molecule has 1 fully saturated rings. The summed E-state index contributed by atoms with van der Waals surface area (Å²) in [5.41, 5.74) is 0. The lowest BCUT2D eigenvalue weighted by Gasteiger charge is -2.26. The van der Waals surface area contributed by atoms with Crippen LogP contribution in [0.15, 0.2) is 12.4 Å². The summed E-state index contributed by atoms with van der Waals surface area (Å²) in [5, 5.41) is 3.20. The lowest BCUT2D eigenvalue weighted by Crippen LogP contribution is -2.37. The van der Waals surface area contributed by atoms with Crippen LogP contribution in [0.3, 0.4) is 0 Å². The van der Waals surface area contributed by atoms with Crippen molar-refractivity contribution in [2.75, 3.05) is 51.8 Å². The van der Waals surface area contributed by atoms with Gasteiger partial charge in [0.25, 0.3) is 0 Å². The van der Waals surface area contributed by atoms with Crippen LogP contribution >= 0.6 is 0 Å². The average molecular weight is 252 g/mol. The van der Waals surface area contributed by atoms with Crippen molar-refractivity contribution in [2.24, 2.45) is 0 Å². The number of hydrogen-bond donors (Lipinski definition) is 1. The molecule has 0 aromatic carbocycles. The first-order valence-electron chi connectivity index (χ1n) is 6.28. The maximum atomic E-state index is 5.31.